The summed E-state index contributed by atoms with van der Waals surface area (Å²) in [6.07, 6.45) is 6.97. The number of carbonyl (C=O) groups is 2. The lowest BCUT2D eigenvalue weighted by Gasteiger charge is -2.38. The predicted octanol–water partition coefficient (Wildman–Crippen LogP) is 2.00. The van der Waals surface area contributed by atoms with E-state index in [0.29, 0.717) is 18.5 Å². The molecule has 0 unspecified atom stereocenters. The van der Waals surface area contributed by atoms with Crippen molar-refractivity contribution in [1.29, 1.82) is 0 Å². The number of hydrogen-bond acceptors (Lipinski definition) is 3. The average molecular weight is 323 g/mol. The van der Waals surface area contributed by atoms with Crippen molar-refractivity contribution in [3.8, 4) is 0 Å². The first-order valence-electron chi connectivity index (χ1n) is 9.09. The second kappa shape index (κ2) is 7.65. The van der Waals surface area contributed by atoms with Crippen molar-refractivity contribution in [1.82, 2.24) is 9.80 Å². The third kappa shape index (κ3) is 5.20. The number of nitrogens with two attached hydrogens (primary N) is 1. The van der Waals surface area contributed by atoms with Gasteiger partial charge in [0.2, 0.25) is 11.8 Å². The van der Waals surface area contributed by atoms with Crippen LogP contribution >= 0.6 is 0 Å². The molecule has 0 aromatic heterocycles. The molecule has 1 saturated heterocycles. The SMILES string of the molecule is CC(C)(C)C(=O)N1CCC(CN(CC(N)=O)C2CCCC2)CC1. The molecule has 2 fully saturated rings. The summed E-state index contributed by atoms with van der Waals surface area (Å²) in [5.41, 5.74) is 5.15. The Kier molecular flexibility index (Phi) is 6.06. The third-order valence-electron chi connectivity index (χ3n) is 5.24. The van der Waals surface area contributed by atoms with Gasteiger partial charge in [-0.15, -0.1) is 0 Å². The second-order valence-corrected chi connectivity index (χ2v) is 8.32. The summed E-state index contributed by atoms with van der Waals surface area (Å²) in [5, 5.41) is 0. The van der Waals surface area contributed by atoms with Crippen molar-refractivity contribution in [2.45, 2.75) is 65.3 Å². The molecule has 1 heterocycles. The van der Waals surface area contributed by atoms with E-state index in [1.807, 2.05) is 25.7 Å². The summed E-state index contributed by atoms with van der Waals surface area (Å²) in [6.45, 7) is 8.96. The maximum Gasteiger partial charge on any atom is 0.231 e. The van der Waals surface area contributed by atoms with Crippen molar-refractivity contribution in [3.63, 3.8) is 0 Å². The zero-order valence-electron chi connectivity index (χ0n) is 15.0. The molecule has 2 N–H and O–H groups in total. The molecule has 0 radical (unpaired) electrons. The zero-order valence-corrected chi connectivity index (χ0v) is 15.0. The number of amides is 2. The number of hydrogen-bond donors (Lipinski definition) is 1. The fourth-order valence-corrected chi connectivity index (χ4v) is 3.94. The maximum absolute atomic E-state index is 12.4. The van der Waals surface area contributed by atoms with E-state index in [1.54, 1.807) is 0 Å². The van der Waals surface area contributed by atoms with E-state index in [9.17, 15) is 9.59 Å². The van der Waals surface area contributed by atoms with Crippen molar-refractivity contribution >= 4 is 11.8 Å². The quantitative estimate of drug-likeness (QED) is 0.841. The van der Waals surface area contributed by atoms with Crippen LogP contribution in [0, 0.1) is 11.3 Å². The second-order valence-electron chi connectivity index (χ2n) is 8.32. The number of rotatable bonds is 5. The molecule has 2 amide bonds. The summed E-state index contributed by atoms with van der Waals surface area (Å²) < 4.78 is 0. The summed E-state index contributed by atoms with van der Waals surface area (Å²) in [6, 6.07) is 0.525. The van der Waals surface area contributed by atoms with Crippen molar-refractivity contribution in [2.75, 3.05) is 26.2 Å². The van der Waals surface area contributed by atoms with Gasteiger partial charge in [-0.1, -0.05) is 33.6 Å². The van der Waals surface area contributed by atoms with Gasteiger partial charge in [-0.2, -0.15) is 0 Å². The molecule has 0 atom stereocenters. The van der Waals surface area contributed by atoms with Gasteiger partial charge >= 0.3 is 0 Å². The summed E-state index contributed by atoms with van der Waals surface area (Å²) in [4.78, 5) is 28.1. The summed E-state index contributed by atoms with van der Waals surface area (Å²) in [5.74, 6) is 0.594. The first-order chi connectivity index (χ1) is 10.8. The number of nitrogens with zero attached hydrogens (tertiary/aromatic N) is 2. The van der Waals surface area contributed by atoms with Gasteiger partial charge in [0.15, 0.2) is 0 Å². The predicted molar refractivity (Wildman–Crippen MR) is 91.8 cm³/mol. The Morgan fingerprint density at radius 3 is 2.13 bits per heavy atom. The normalized spacial score (nSPS) is 21.1. The molecule has 0 bridgehead atoms. The molecule has 132 valence electrons. The van der Waals surface area contributed by atoms with Crippen molar-refractivity contribution < 1.29 is 9.59 Å². The highest BCUT2D eigenvalue weighted by Crippen LogP contribution is 2.28. The standard InChI is InChI=1S/C18H33N3O2/c1-18(2,3)17(23)20-10-8-14(9-11-20)12-21(13-16(19)22)15-6-4-5-7-15/h14-15H,4-13H2,1-3H3,(H2,19,22). The minimum atomic E-state index is -0.297. The highest BCUT2D eigenvalue weighted by atomic mass is 16.2. The van der Waals surface area contributed by atoms with Gasteiger partial charge < -0.3 is 10.6 Å². The Morgan fingerprint density at radius 1 is 1.09 bits per heavy atom. The molecule has 2 aliphatic rings. The van der Waals surface area contributed by atoms with Crippen LogP contribution in [0.3, 0.4) is 0 Å². The first kappa shape index (κ1) is 18.2. The number of primary amides is 1. The number of piperidine rings is 1. The van der Waals surface area contributed by atoms with Crippen LogP contribution in [-0.2, 0) is 9.59 Å². The molecule has 5 heteroatoms. The molecule has 0 aromatic rings. The van der Waals surface area contributed by atoms with E-state index in [2.05, 4.69) is 4.90 Å². The molecule has 0 spiro atoms. The van der Waals surface area contributed by atoms with Gasteiger partial charge in [0.1, 0.15) is 0 Å². The number of likely N-dealkylation sites (tertiary alicyclic amines) is 1. The largest absolute Gasteiger partial charge is 0.369 e. The van der Waals surface area contributed by atoms with Crippen LogP contribution in [0.4, 0.5) is 0 Å². The molecule has 0 aromatic carbocycles. The van der Waals surface area contributed by atoms with E-state index in [0.717, 1.165) is 32.5 Å². The molecular weight excluding hydrogens is 290 g/mol. The molecular formula is C18H33N3O2. The lowest BCUT2D eigenvalue weighted by molar-refractivity contribution is -0.141. The minimum absolute atomic E-state index is 0.225. The van der Waals surface area contributed by atoms with E-state index in [4.69, 9.17) is 5.73 Å². The van der Waals surface area contributed by atoms with Crippen molar-refractivity contribution in [2.24, 2.45) is 17.1 Å². The van der Waals surface area contributed by atoms with Gasteiger partial charge in [0.25, 0.3) is 0 Å². The lowest BCUT2D eigenvalue weighted by atomic mass is 9.90. The maximum atomic E-state index is 12.4. The smallest absolute Gasteiger partial charge is 0.231 e. The Bertz CT molecular complexity index is 416. The Hall–Kier alpha value is -1.10. The van der Waals surface area contributed by atoms with Gasteiger partial charge in [-0.05, 0) is 31.6 Å². The monoisotopic (exact) mass is 323 g/mol. The Morgan fingerprint density at radius 2 is 1.65 bits per heavy atom. The zero-order chi connectivity index (χ0) is 17.0. The van der Waals surface area contributed by atoms with Gasteiger partial charge in [0, 0.05) is 31.1 Å². The molecule has 2 rings (SSSR count). The third-order valence-corrected chi connectivity index (χ3v) is 5.24. The summed E-state index contributed by atoms with van der Waals surface area (Å²) >= 11 is 0. The lowest BCUT2D eigenvalue weighted by Crippen LogP contribution is -2.48. The van der Waals surface area contributed by atoms with Crippen LogP contribution in [0.5, 0.6) is 0 Å². The molecule has 1 saturated carbocycles. The molecule has 5 nitrogen and oxygen atoms in total. The van der Waals surface area contributed by atoms with E-state index >= 15 is 0 Å². The highest BCUT2D eigenvalue weighted by Gasteiger charge is 2.32. The fraction of sp³-hybridized carbons (Fsp3) is 0.889. The van der Waals surface area contributed by atoms with Crippen LogP contribution in [0.25, 0.3) is 0 Å². The van der Waals surface area contributed by atoms with Crippen LogP contribution in [0.1, 0.15) is 59.3 Å². The van der Waals surface area contributed by atoms with Gasteiger partial charge in [0.05, 0.1) is 6.54 Å². The Labute approximate surface area is 140 Å². The van der Waals surface area contributed by atoms with Crippen LogP contribution in [0.2, 0.25) is 0 Å². The van der Waals surface area contributed by atoms with E-state index < -0.39 is 0 Å². The van der Waals surface area contributed by atoms with Crippen LogP contribution in [-0.4, -0.2) is 53.8 Å². The van der Waals surface area contributed by atoms with Crippen LogP contribution < -0.4 is 5.73 Å². The summed E-state index contributed by atoms with van der Waals surface area (Å²) in [7, 11) is 0. The molecule has 23 heavy (non-hydrogen) atoms. The van der Waals surface area contributed by atoms with Crippen molar-refractivity contribution in [3.05, 3.63) is 0 Å². The number of carbonyl (C=O) groups excluding carboxylic acids is 2. The topological polar surface area (TPSA) is 66.6 Å². The first-order valence-corrected chi connectivity index (χ1v) is 9.09. The Balaban J connectivity index is 1.85. The fourth-order valence-electron chi connectivity index (χ4n) is 3.94. The van der Waals surface area contributed by atoms with E-state index in [1.165, 1.54) is 25.7 Å². The van der Waals surface area contributed by atoms with Crippen LogP contribution in [0.15, 0.2) is 0 Å². The molecule has 1 aliphatic heterocycles. The highest BCUT2D eigenvalue weighted by molar-refractivity contribution is 5.81. The average Bonchev–Trinajstić information content (AvgIpc) is 2.99. The van der Waals surface area contributed by atoms with Gasteiger partial charge in [-0.3, -0.25) is 14.5 Å². The molecule has 1 aliphatic carbocycles. The van der Waals surface area contributed by atoms with E-state index in [-0.39, 0.29) is 17.2 Å². The van der Waals surface area contributed by atoms with Gasteiger partial charge in [-0.25, -0.2) is 0 Å². The minimum Gasteiger partial charge on any atom is -0.369 e.